The fourth-order valence-electron chi connectivity index (χ4n) is 6.36. The summed E-state index contributed by atoms with van der Waals surface area (Å²) in [7, 11) is 1.48. The van der Waals surface area contributed by atoms with E-state index in [1.54, 1.807) is 59.7 Å². The van der Waals surface area contributed by atoms with Gasteiger partial charge in [-0.3, -0.25) is 4.79 Å². The van der Waals surface area contributed by atoms with Crippen molar-refractivity contribution in [2.45, 2.75) is 110 Å². The molecule has 0 spiro atoms. The summed E-state index contributed by atoms with van der Waals surface area (Å²) in [4.78, 5) is 51.5. The fraction of sp³-hybridized carbons (Fsp3) is 0.629. The van der Waals surface area contributed by atoms with Gasteiger partial charge in [0.1, 0.15) is 35.6 Å². The smallest absolute Gasteiger partial charge is 0.408 e. The lowest BCUT2D eigenvalue weighted by Crippen LogP contribution is -2.58. The van der Waals surface area contributed by atoms with Gasteiger partial charge in [0.15, 0.2) is 5.69 Å². The highest BCUT2D eigenvalue weighted by Crippen LogP contribution is 2.41. The lowest BCUT2D eigenvalue weighted by Gasteiger charge is -2.36. The summed E-state index contributed by atoms with van der Waals surface area (Å²) in [6, 6.07) is 2.50. The molecule has 2 aliphatic heterocycles. The van der Waals surface area contributed by atoms with Gasteiger partial charge in [0.2, 0.25) is 11.8 Å². The number of fused-ring (bicyclic) bond motifs is 5. The highest BCUT2D eigenvalue weighted by atomic mass is 19.3. The molecule has 3 heterocycles. The summed E-state index contributed by atoms with van der Waals surface area (Å²) in [5, 5.41) is 2.76. The van der Waals surface area contributed by atoms with Gasteiger partial charge in [0, 0.05) is 12.0 Å². The molecule has 1 N–H and O–H groups in total. The molecule has 262 valence electrons. The van der Waals surface area contributed by atoms with Crippen LogP contribution in [0.25, 0.3) is 11.0 Å². The van der Waals surface area contributed by atoms with E-state index in [1.165, 1.54) is 18.1 Å². The summed E-state index contributed by atoms with van der Waals surface area (Å²) >= 11 is 0. The Bertz CT molecular complexity index is 1590. The van der Waals surface area contributed by atoms with Crippen molar-refractivity contribution in [2.24, 2.45) is 17.3 Å². The number of allylic oxidation sites excluding steroid dienone is 2. The molecule has 2 bridgehead atoms. The molecule has 1 saturated carbocycles. The van der Waals surface area contributed by atoms with Crippen molar-refractivity contribution in [1.82, 2.24) is 20.2 Å². The number of methoxy groups -OCH3 is 1. The van der Waals surface area contributed by atoms with Crippen LogP contribution in [0.2, 0.25) is 0 Å². The Kier molecular flexibility index (Phi) is 9.64. The maximum atomic E-state index is 16.0. The molecule has 3 aliphatic rings. The minimum atomic E-state index is -3.57. The predicted molar refractivity (Wildman–Crippen MR) is 173 cm³/mol. The Morgan fingerprint density at radius 3 is 2.46 bits per heavy atom. The number of carbonyl (C=O) groups excluding carboxylic acids is 3. The minimum absolute atomic E-state index is 0.00670. The van der Waals surface area contributed by atoms with Crippen LogP contribution in [0.4, 0.5) is 13.6 Å². The van der Waals surface area contributed by atoms with E-state index in [4.69, 9.17) is 18.9 Å². The number of halogens is 2. The third-order valence-electron chi connectivity index (χ3n) is 8.94. The molecule has 11 nitrogen and oxygen atoms in total. The zero-order chi connectivity index (χ0) is 35.2. The van der Waals surface area contributed by atoms with Crippen molar-refractivity contribution in [1.29, 1.82) is 0 Å². The first-order valence-corrected chi connectivity index (χ1v) is 16.5. The van der Waals surface area contributed by atoms with E-state index in [-0.39, 0.29) is 29.6 Å². The number of benzene rings is 1. The predicted octanol–water partition coefficient (Wildman–Crippen LogP) is 5.94. The van der Waals surface area contributed by atoms with Crippen molar-refractivity contribution in [3.8, 4) is 11.6 Å². The molecule has 1 aromatic heterocycles. The Labute approximate surface area is 279 Å². The van der Waals surface area contributed by atoms with Gasteiger partial charge >= 0.3 is 18.0 Å². The van der Waals surface area contributed by atoms with Gasteiger partial charge < -0.3 is 29.2 Å². The normalized spacial score (nSPS) is 28.5. The summed E-state index contributed by atoms with van der Waals surface area (Å²) in [6.07, 6.45) is 1.87. The molecule has 2 fully saturated rings. The van der Waals surface area contributed by atoms with E-state index < -0.39 is 70.6 Å². The highest BCUT2D eigenvalue weighted by Gasteiger charge is 2.53. The number of aromatic nitrogens is 2. The van der Waals surface area contributed by atoms with Crippen molar-refractivity contribution < 1.29 is 42.1 Å². The second-order valence-corrected chi connectivity index (χ2v) is 14.9. The summed E-state index contributed by atoms with van der Waals surface area (Å²) in [5.41, 5.74) is -1.86. The SMILES string of the molecule is CC[C@@H]1[C@@H]2CN(C(=O)[C@H](C(C)(C)C)NC(=O)O[C@@H]3C[C@H]3CC/C=C/C(F)(F)c3nc4ccc(OC)cc4nc3O2)[C@@H]1C(=O)OC(C)(C)C. The maximum Gasteiger partial charge on any atom is 0.408 e. The third-order valence-corrected chi connectivity index (χ3v) is 8.94. The van der Waals surface area contributed by atoms with Gasteiger partial charge in [-0.1, -0.05) is 33.8 Å². The van der Waals surface area contributed by atoms with Crippen molar-refractivity contribution in [2.75, 3.05) is 13.7 Å². The van der Waals surface area contributed by atoms with Crippen LogP contribution in [0.5, 0.6) is 11.6 Å². The maximum absolute atomic E-state index is 16.0. The minimum Gasteiger partial charge on any atom is -0.497 e. The van der Waals surface area contributed by atoms with Gasteiger partial charge in [0.05, 0.1) is 24.7 Å². The van der Waals surface area contributed by atoms with Gasteiger partial charge in [0.25, 0.3) is 0 Å². The van der Waals surface area contributed by atoms with Crippen LogP contribution in [0.3, 0.4) is 0 Å². The first-order chi connectivity index (χ1) is 22.4. The molecule has 1 aromatic carbocycles. The molecule has 0 unspecified atom stereocenters. The van der Waals surface area contributed by atoms with E-state index in [2.05, 4.69) is 15.3 Å². The van der Waals surface area contributed by atoms with Gasteiger partial charge in [-0.25, -0.2) is 19.6 Å². The average molecular weight is 673 g/mol. The summed E-state index contributed by atoms with van der Waals surface area (Å²) in [5.74, 6) is -5.41. The van der Waals surface area contributed by atoms with Crippen LogP contribution < -0.4 is 14.8 Å². The number of nitrogens with one attached hydrogen (secondary N) is 1. The Balaban J connectivity index is 1.64. The second kappa shape index (κ2) is 13.1. The number of carbonyl (C=O) groups is 3. The van der Waals surface area contributed by atoms with Gasteiger partial charge in [-0.15, -0.1) is 0 Å². The number of alkyl carbamates (subject to hydrolysis) is 1. The van der Waals surface area contributed by atoms with E-state index in [1.807, 2.05) is 6.92 Å². The van der Waals surface area contributed by atoms with Gasteiger partial charge in [-0.2, -0.15) is 8.78 Å². The molecule has 1 aliphatic carbocycles. The zero-order valence-corrected chi connectivity index (χ0v) is 28.8. The lowest BCUT2D eigenvalue weighted by atomic mass is 9.85. The van der Waals surface area contributed by atoms with Crippen LogP contribution >= 0.6 is 0 Å². The van der Waals surface area contributed by atoms with E-state index >= 15 is 8.78 Å². The van der Waals surface area contributed by atoms with Crippen LogP contribution in [0.15, 0.2) is 30.4 Å². The number of rotatable bonds is 3. The number of hydrogen-bond acceptors (Lipinski definition) is 9. The Hall–Kier alpha value is -4.03. The molecule has 5 rings (SSSR count). The van der Waals surface area contributed by atoms with E-state index in [9.17, 15) is 14.4 Å². The zero-order valence-electron chi connectivity index (χ0n) is 28.8. The number of ether oxygens (including phenoxy) is 4. The summed E-state index contributed by atoms with van der Waals surface area (Å²) in [6.45, 7) is 12.2. The van der Waals surface area contributed by atoms with Gasteiger partial charge in [-0.05, 0) is 76.0 Å². The molecule has 0 radical (unpaired) electrons. The monoisotopic (exact) mass is 672 g/mol. The van der Waals surface area contributed by atoms with E-state index in [0.29, 0.717) is 31.4 Å². The number of amides is 2. The topological polar surface area (TPSA) is 129 Å². The first kappa shape index (κ1) is 35.3. The van der Waals surface area contributed by atoms with Crippen LogP contribution in [-0.4, -0.2) is 76.4 Å². The van der Waals surface area contributed by atoms with E-state index in [0.717, 1.165) is 6.08 Å². The molecule has 2 amide bonds. The summed E-state index contributed by atoms with van der Waals surface area (Å²) < 4.78 is 55.1. The number of alkyl halides is 2. The molecule has 6 atom stereocenters. The molecular formula is C35H46F2N4O7. The number of hydrogen-bond donors (Lipinski definition) is 1. The second-order valence-electron chi connectivity index (χ2n) is 14.9. The highest BCUT2D eigenvalue weighted by molar-refractivity contribution is 5.91. The van der Waals surface area contributed by atoms with Crippen LogP contribution in [0, 0.1) is 17.3 Å². The largest absolute Gasteiger partial charge is 0.497 e. The first-order valence-electron chi connectivity index (χ1n) is 16.5. The standard InChI is InChI=1S/C35H46F2N4O7/c1-9-21-25-18-41(26(21)31(43)48-34(5,6)7)30(42)28(33(2,3)4)40-32(44)47-24-16-19(24)12-10-11-15-35(36,37)27-29(46-25)39-23-17-20(45-8)13-14-22(23)38-27/h11,13-15,17,19,21,24-26,28H,9-10,12,16,18H2,1-8H3,(H,40,44)/b15-11+/t19-,21-,24-,25+,26+,28-/m1/s1. The number of nitrogens with zero attached hydrogens (tertiary/aromatic N) is 3. The fourth-order valence-corrected chi connectivity index (χ4v) is 6.36. The van der Waals surface area contributed by atoms with Crippen molar-refractivity contribution in [3.63, 3.8) is 0 Å². The van der Waals surface area contributed by atoms with Crippen LogP contribution in [-0.2, 0) is 25.0 Å². The Morgan fingerprint density at radius 2 is 1.81 bits per heavy atom. The number of esters is 1. The molecular weight excluding hydrogens is 626 g/mol. The molecule has 48 heavy (non-hydrogen) atoms. The molecule has 2 aromatic rings. The van der Waals surface area contributed by atoms with Crippen LogP contribution in [0.1, 0.15) is 79.8 Å². The van der Waals surface area contributed by atoms with Crippen molar-refractivity contribution in [3.05, 3.63) is 36.0 Å². The molecule has 13 heteroatoms. The Morgan fingerprint density at radius 1 is 1.08 bits per heavy atom. The van der Waals surface area contributed by atoms with Crippen molar-refractivity contribution >= 4 is 29.0 Å². The quantitative estimate of drug-likeness (QED) is 0.311. The lowest BCUT2D eigenvalue weighted by molar-refractivity contribution is -0.165. The third kappa shape index (κ3) is 7.65. The average Bonchev–Trinajstić information content (AvgIpc) is 3.61. The molecule has 1 saturated heterocycles.